The summed E-state index contributed by atoms with van der Waals surface area (Å²) in [5.74, 6) is 7.29. The van der Waals surface area contributed by atoms with Crippen molar-refractivity contribution in [2.75, 3.05) is 5.75 Å². The number of unbranched alkanes of at least 4 members (excludes halogenated alkanes) is 7. The Hall–Kier alpha value is -0.350. The molecule has 0 bridgehead atoms. The predicted octanol–water partition coefficient (Wildman–Crippen LogP) is 5.01. The summed E-state index contributed by atoms with van der Waals surface area (Å²) in [4.78, 5) is 0. The van der Waals surface area contributed by atoms with Gasteiger partial charge in [0.25, 0.3) is 0 Å². The Bertz CT molecular complexity index is 207. The Labute approximate surface area is 107 Å². The number of hydrogen-bond acceptors (Lipinski definition) is 1. The van der Waals surface area contributed by atoms with E-state index in [-0.39, 0.29) is 0 Å². The van der Waals surface area contributed by atoms with E-state index in [1.54, 1.807) is 0 Å². The molecule has 0 nitrogen and oxygen atoms in total. The van der Waals surface area contributed by atoms with Crippen LogP contribution in [0.4, 0.5) is 0 Å². The van der Waals surface area contributed by atoms with Crippen molar-refractivity contribution in [3.05, 3.63) is 12.2 Å². The fourth-order valence-corrected chi connectivity index (χ4v) is 1.74. The Balaban J connectivity index is 3.08. The summed E-state index contributed by atoms with van der Waals surface area (Å²) in [6.07, 6.45) is 15.6. The van der Waals surface area contributed by atoms with Gasteiger partial charge in [0.1, 0.15) is 0 Å². The van der Waals surface area contributed by atoms with Crippen LogP contribution < -0.4 is 0 Å². The molecule has 0 saturated heterocycles. The summed E-state index contributed by atoms with van der Waals surface area (Å²) in [5, 5.41) is 0. The number of rotatable bonds is 9. The minimum Gasteiger partial charge on any atom is -0.179 e. The minimum atomic E-state index is 1.04. The fourth-order valence-electron chi connectivity index (χ4n) is 1.52. The molecule has 0 aliphatic carbocycles. The van der Waals surface area contributed by atoms with Crippen LogP contribution >= 0.6 is 12.6 Å². The van der Waals surface area contributed by atoms with Gasteiger partial charge in [-0.25, -0.2) is 0 Å². The molecular weight excluding hydrogens is 212 g/mol. The SMILES string of the molecule is CC/C=C\C#CCCCCCCCCCS. The second-order valence-electron chi connectivity index (χ2n) is 4.08. The van der Waals surface area contributed by atoms with Crippen LogP contribution in [0.25, 0.3) is 0 Å². The molecule has 0 unspecified atom stereocenters. The van der Waals surface area contributed by atoms with Crippen LogP contribution in [0.1, 0.15) is 64.7 Å². The van der Waals surface area contributed by atoms with Gasteiger partial charge in [-0.15, -0.1) is 0 Å². The molecule has 0 heterocycles. The van der Waals surface area contributed by atoms with E-state index in [0.717, 1.165) is 18.6 Å². The van der Waals surface area contributed by atoms with E-state index in [0.29, 0.717) is 0 Å². The zero-order valence-electron chi connectivity index (χ0n) is 10.7. The second-order valence-corrected chi connectivity index (χ2v) is 4.53. The van der Waals surface area contributed by atoms with Crippen molar-refractivity contribution in [3.8, 4) is 11.8 Å². The molecule has 0 saturated carbocycles. The molecule has 0 aliphatic heterocycles. The molecule has 0 radical (unpaired) electrons. The first-order chi connectivity index (χ1) is 7.91. The maximum atomic E-state index is 4.21. The highest BCUT2D eigenvalue weighted by atomic mass is 32.1. The summed E-state index contributed by atoms with van der Waals surface area (Å²) in [5.41, 5.74) is 0. The third-order valence-electron chi connectivity index (χ3n) is 2.50. The molecule has 0 aromatic rings. The van der Waals surface area contributed by atoms with Crippen LogP contribution in [0.3, 0.4) is 0 Å². The third-order valence-corrected chi connectivity index (χ3v) is 2.82. The van der Waals surface area contributed by atoms with Crippen molar-refractivity contribution in [1.82, 2.24) is 0 Å². The lowest BCUT2D eigenvalue weighted by molar-refractivity contribution is 0.595. The van der Waals surface area contributed by atoms with Crippen LogP contribution in [0.5, 0.6) is 0 Å². The van der Waals surface area contributed by atoms with Gasteiger partial charge in [0, 0.05) is 6.42 Å². The van der Waals surface area contributed by atoms with Gasteiger partial charge in [-0.1, -0.05) is 56.9 Å². The summed E-state index contributed by atoms with van der Waals surface area (Å²) < 4.78 is 0. The minimum absolute atomic E-state index is 1.04. The van der Waals surface area contributed by atoms with Gasteiger partial charge in [0.15, 0.2) is 0 Å². The Morgan fingerprint density at radius 2 is 1.56 bits per heavy atom. The number of allylic oxidation sites excluding steroid dienone is 2. The molecule has 1 heteroatoms. The molecule has 0 spiro atoms. The van der Waals surface area contributed by atoms with Gasteiger partial charge < -0.3 is 0 Å². The Morgan fingerprint density at radius 1 is 0.938 bits per heavy atom. The van der Waals surface area contributed by atoms with Gasteiger partial charge in [0.05, 0.1) is 0 Å². The van der Waals surface area contributed by atoms with Crippen LogP contribution in [0.15, 0.2) is 12.2 Å². The zero-order valence-corrected chi connectivity index (χ0v) is 11.6. The zero-order chi connectivity index (χ0) is 11.9. The number of thiol groups is 1. The number of hydrogen-bond donors (Lipinski definition) is 1. The summed E-state index contributed by atoms with van der Waals surface area (Å²) >= 11 is 4.21. The lowest BCUT2D eigenvalue weighted by Crippen LogP contribution is -1.81. The van der Waals surface area contributed by atoms with Crippen LogP contribution in [-0.2, 0) is 0 Å². The molecule has 16 heavy (non-hydrogen) atoms. The van der Waals surface area contributed by atoms with E-state index < -0.39 is 0 Å². The van der Waals surface area contributed by atoms with E-state index in [9.17, 15) is 0 Å². The average Bonchev–Trinajstić information content (AvgIpc) is 2.31. The van der Waals surface area contributed by atoms with Gasteiger partial charge in [-0.2, -0.15) is 12.6 Å². The maximum Gasteiger partial charge on any atom is 0.00922 e. The van der Waals surface area contributed by atoms with E-state index >= 15 is 0 Å². The molecule has 0 atom stereocenters. The summed E-state index contributed by atoms with van der Waals surface area (Å²) in [7, 11) is 0. The molecule has 0 rings (SSSR count). The third kappa shape index (κ3) is 13.7. The van der Waals surface area contributed by atoms with Crippen molar-refractivity contribution in [2.45, 2.75) is 64.7 Å². The van der Waals surface area contributed by atoms with E-state index in [2.05, 4.69) is 37.5 Å². The molecule has 92 valence electrons. The van der Waals surface area contributed by atoms with E-state index in [1.807, 2.05) is 6.08 Å². The second kappa shape index (κ2) is 14.6. The largest absolute Gasteiger partial charge is 0.179 e. The predicted molar refractivity (Wildman–Crippen MR) is 78.0 cm³/mol. The van der Waals surface area contributed by atoms with Crippen molar-refractivity contribution in [2.24, 2.45) is 0 Å². The molecule has 0 fully saturated rings. The smallest absolute Gasteiger partial charge is 0.00922 e. The highest BCUT2D eigenvalue weighted by molar-refractivity contribution is 7.80. The Kier molecular flexibility index (Phi) is 14.3. The van der Waals surface area contributed by atoms with Crippen molar-refractivity contribution < 1.29 is 0 Å². The first-order valence-electron chi connectivity index (χ1n) is 6.66. The molecule has 0 aromatic carbocycles. The molecule has 0 aliphatic rings. The molecule has 0 amide bonds. The molecule has 0 aromatic heterocycles. The fraction of sp³-hybridized carbons (Fsp3) is 0.733. The van der Waals surface area contributed by atoms with E-state index in [4.69, 9.17) is 0 Å². The van der Waals surface area contributed by atoms with Crippen molar-refractivity contribution >= 4 is 12.6 Å². The highest BCUT2D eigenvalue weighted by Crippen LogP contribution is 2.08. The monoisotopic (exact) mass is 238 g/mol. The molecular formula is C15H26S. The lowest BCUT2D eigenvalue weighted by Gasteiger charge is -1.98. The van der Waals surface area contributed by atoms with Gasteiger partial charge >= 0.3 is 0 Å². The van der Waals surface area contributed by atoms with Crippen LogP contribution in [0.2, 0.25) is 0 Å². The van der Waals surface area contributed by atoms with E-state index in [1.165, 1.54) is 44.9 Å². The highest BCUT2D eigenvalue weighted by Gasteiger charge is 1.90. The van der Waals surface area contributed by atoms with Gasteiger partial charge in [-0.05, 0) is 31.1 Å². The Morgan fingerprint density at radius 3 is 2.19 bits per heavy atom. The summed E-state index contributed by atoms with van der Waals surface area (Å²) in [6, 6.07) is 0. The maximum absolute atomic E-state index is 4.21. The first-order valence-corrected chi connectivity index (χ1v) is 7.29. The lowest BCUT2D eigenvalue weighted by atomic mass is 10.1. The van der Waals surface area contributed by atoms with Crippen molar-refractivity contribution in [3.63, 3.8) is 0 Å². The summed E-state index contributed by atoms with van der Waals surface area (Å²) in [6.45, 7) is 2.13. The topological polar surface area (TPSA) is 0 Å². The van der Waals surface area contributed by atoms with Crippen molar-refractivity contribution in [1.29, 1.82) is 0 Å². The average molecular weight is 238 g/mol. The molecule has 0 N–H and O–H groups in total. The van der Waals surface area contributed by atoms with Crippen LogP contribution in [0, 0.1) is 11.8 Å². The van der Waals surface area contributed by atoms with Crippen LogP contribution in [-0.4, -0.2) is 5.75 Å². The first kappa shape index (κ1) is 15.7. The quantitative estimate of drug-likeness (QED) is 0.326. The van der Waals surface area contributed by atoms with Gasteiger partial charge in [-0.3, -0.25) is 0 Å². The van der Waals surface area contributed by atoms with Gasteiger partial charge in [0.2, 0.25) is 0 Å². The standard InChI is InChI=1S/C15H26S/c1-2-3-4-5-6-7-8-9-10-11-12-13-14-15-16/h3-4,16H,2,7-15H2,1H3/b4-3-. The normalized spacial score (nSPS) is 10.4.